The molecular weight excluding hydrogens is 428 g/mol. The number of benzene rings is 2. The summed E-state index contributed by atoms with van der Waals surface area (Å²) in [5.41, 5.74) is -0.754. The van der Waals surface area contributed by atoms with E-state index in [4.69, 9.17) is 0 Å². The molecule has 29 heavy (non-hydrogen) atoms. The third-order valence-corrected chi connectivity index (χ3v) is 6.53. The Kier molecular flexibility index (Phi) is 6.97. The van der Waals surface area contributed by atoms with Gasteiger partial charge in [-0.3, -0.25) is 20.2 Å². The van der Waals surface area contributed by atoms with Crippen LogP contribution < -0.4 is 9.44 Å². The van der Waals surface area contributed by atoms with E-state index in [1.54, 1.807) is 0 Å². The second kappa shape index (κ2) is 9.04. The minimum atomic E-state index is -4.01. The van der Waals surface area contributed by atoms with Gasteiger partial charge in [-0.15, -0.1) is 0 Å². The molecule has 2 aromatic carbocycles. The van der Waals surface area contributed by atoms with Crippen molar-refractivity contribution in [2.45, 2.75) is 16.2 Å². The topological polar surface area (TPSA) is 179 Å². The Balaban J connectivity index is 1.92. The van der Waals surface area contributed by atoms with E-state index in [1.165, 1.54) is 24.3 Å². The van der Waals surface area contributed by atoms with Crippen LogP contribution >= 0.6 is 0 Å². The van der Waals surface area contributed by atoms with Crippen molar-refractivity contribution in [1.29, 1.82) is 0 Å². The summed E-state index contributed by atoms with van der Waals surface area (Å²) in [5, 5.41) is 21.5. The zero-order chi connectivity index (χ0) is 21.7. The van der Waals surface area contributed by atoms with Crippen LogP contribution in [0.15, 0.2) is 58.3 Å². The van der Waals surface area contributed by atoms with Gasteiger partial charge in [-0.05, 0) is 18.6 Å². The molecule has 2 rings (SSSR count). The van der Waals surface area contributed by atoms with Crippen LogP contribution in [0.5, 0.6) is 0 Å². The average Bonchev–Trinajstić information content (AvgIpc) is 2.67. The summed E-state index contributed by atoms with van der Waals surface area (Å²) in [6.07, 6.45) is 0.0717. The number of hydrogen-bond donors (Lipinski definition) is 2. The van der Waals surface area contributed by atoms with Crippen molar-refractivity contribution >= 4 is 31.4 Å². The zero-order valence-electron chi connectivity index (χ0n) is 14.7. The molecule has 0 aromatic heterocycles. The van der Waals surface area contributed by atoms with Crippen LogP contribution in [0.1, 0.15) is 6.42 Å². The van der Waals surface area contributed by atoms with Crippen LogP contribution in [0, 0.1) is 20.2 Å². The molecule has 0 unspecified atom stereocenters. The predicted molar refractivity (Wildman–Crippen MR) is 101 cm³/mol. The minimum Gasteiger partial charge on any atom is -0.258 e. The summed E-state index contributed by atoms with van der Waals surface area (Å²) in [5.74, 6) is 0. The molecule has 2 N–H and O–H groups in total. The highest BCUT2D eigenvalue weighted by Gasteiger charge is 2.19. The van der Waals surface area contributed by atoms with Crippen LogP contribution in [0.2, 0.25) is 0 Å². The molecule has 0 amide bonds. The van der Waals surface area contributed by atoms with E-state index < -0.39 is 29.9 Å². The molecule has 12 nitrogen and oxygen atoms in total. The smallest absolute Gasteiger partial charge is 0.258 e. The van der Waals surface area contributed by atoms with Crippen LogP contribution in [-0.4, -0.2) is 39.8 Å². The number of hydrogen-bond acceptors (Lipinski definition) is 8. The lowest BCUT2D eigenvalue weighted by atomic mass is 10.3. The summed E-state index contributed by atoms with van der Waals surface area (Å²) >= 11 is 0. The van der Waals surface area contributed by atoms with Crippen molar-refractivity contribution in [2.24, 2.45) is 0 Å². The van der Waals surface area contributed by atoms with Gasteiger partial charge >= 0.3 is 0 Å². The van der Waals surface area contributed by atoms with Gasteiger partial charge in [0.25, 0.3) is 11.4 Å². The van der Waals surface area contributed by atoms with Crippen molar-refractivity contribution < 1.29 is 26.7 Å². The highest BCUT2D eigenvalue weighted by atomic mass is 32.2. The first-order chi connectivity index (χ1) is 13.5. The van der Waals surface area contributed by atoms with Gasteiger partial charge in [-0.25, -0.2) is 26.3 Å². The molecule has 2 aromatic rings. The van der Waals surface area contributed by atoms with Gasteiger partial charge in [-0.1, -0.05) is 12.1 Å². The molecule has 0 heterocycles. The zero-order valence-corrected chi connectivity index (χ0v) is 16.4. The number of rotatable bonds is 10. The number of nitro groups is 2. The Bertz CT molecular complexity index is 1040. The molecule has 156 valence electrons. The molecule has 0 aliphatic carbocycles. The largest absolute Gasteiger partial charge is 0.270 e. The Morgan fingerprint density at radius 3 is 1.45 bits per heavy atom. The van der Waals surface area contributed by atoms with Gasteiger partial charge in [0.2, 0.25) is 20.0 Å². The second-order valence-corrected chi connectivity index (χ2v) is 9.19. The maximum Gasteiger partial charge on any atom is 0.270 e. The van der Waals surface area contributed by atoms with Gasteiger partial charge in [0.05, 0.1) is 19.6 Å². The van der Waals surface area contributed by atoms with E-state index >= 15 is 0 Å². The lowest BCUT2D eigenvalue weighted by molar-refractivity contribution is -0.385. The fourth-order valence-corrected chi connectivity index (χ4v) is 4.42. The summed E-state index contributed by atoms with van der Waals surface area (Å²) in [6, 6.07) is 8.99. The molecule has 0 spiro atoms. The third kappa shape index (κ3) is 6.02. The summed E-state index contributed by atoms with van der Waals surface area (Å²) in [7, 11) is -8.01. The number of nitrogens with one attached hydrogen (secondary N) is 2. The SMILES string of the molecule is O=[N+]([O-])c1cccc(S(=O)(=O)NCCCNS(=O)(=O)c2cccc([N+](=O)[O-])c2)c1. The van der Waals surface area contributed by atoms with Gasteiger partial charge < -0.3 is 0 Å². The monoisotopic (exact) mass is 444 g/mol. The maximum atomic E-state index is 12.2. The molecular formula is C15H16N4O8S2. The molecule has 0 bridgehead atoms. The highest BCUT2D eigenvalue weighted by molar-refractivity contribution is 7.89. The van der Waals surface area contributed by atoms with Crippen LogP contribution in [0.4, 0.5) is 11.4 Å². The van der Waals surface area contributed by atoms with Crippen molar-refractivity contribution in [3.63, 3.8) is 0 Å². The summed E-state index contributed by atoms with van der Waals surface area (Å²) < 4.78 is 53.0. The standard InChI is InChI=1S/C15H16N4O8S2/c20-18(21)12-4-1-6-14(10-12)28(24,25)16-8-3-9-17-29(26,27)15-7-2-5-13(11-15)19(22)23/h1-2,4-7,10-11,16-17H,3,8-9H2. The van der Waals surface area contributed by atoms with Gasteiger partial charge in [-0.2, -0.15) is 0 Å². The quantitative estimate of drug-likeness (QED) is 0.311. The molecule has 0 aliphatic rings. The first kappa shape index (κ1) is 22.4. The lowest BCUT2D eigenvalue weighted by Crippen LogP contribution is -2.30. The molecule has 0 fully saturated rings. The Morgan fingerprint density at radius 1 is 0.724 bits per heavy atom. The van der Waals surface area contributed by atoms with Crippen LogP contribution in [0.25, 0.3) is 0 Å². The lowest BCUT2D eigenvalue weighted by Gasteiger charge is -2.08. The van der Waals surface area contributed by atoms with E-state index in [-0.39, 0.29) is 40.7 Å². The molecule has 0 saturated carbocycles. The minimum absolute atomic E-state index is 0.0717. The van der Waals surface area contributed by atoms with E-state index in [0.29, 0.717) is 0 Å². The van der Waals surface area contributed by atoms with Crippen molar-refractivity contribution in [3.05, 3.63) is 68.8 Å². The predicted octanol–water partition coefficient (Wildman–Crippen LogP) is 1.15. The number of sulfonamides is 2. The van der Waals surface area contributed by atoms with Gasteiger partial charge in [0, 0.05) is 37.4 Å². The summed E-state index contributed by atoms with van der Waals surface area (Å²) in [6.45, 7) is -0.273. The van der Waals surface area contributed by atoms with Gasteiger partial charge in [0.1, 0.15) is 0 Å². The summed E-state index contributed by atoms with van der Waals surface area (Å²) in [4.78, 5) is 19.5. The fourth-order valence-electron chi connectivity index (χ4n) is 2.20. The number of nitro benzene ring substituents is 2. The van der Waals surface area contributed by atoms with E-state index in [1.807, 2.05) is 0 Å². The van der Waals surface area contributed by atoms with Crippen molar-refractivity contribution in [1.82, 2.24) is 9.44 Å². The van der Waals surface area contributed by atoms with E-state index in [9.17, 15) is 37.1 Å². The highest BCUT2D eigenvalue weighted by Crippen LogP contribution is 2.18. The first-order valence-corrected chi connectivity index (χ1v) is 11.0. The second-order valence-electron chi connectivity index (χ2n) is 5.66. The van der Waals surface area contributed by atoms with E-state index in [0.717, 1.165) is 24.3 Å². The van der Waals surface area contributed by atoms with Gasteiger partial charge in [0.15, 0.2) is 0 Å². The van der Waals surface area contributed by atoms with Crippen LogP contribution in [-0.2, 0) is 20.0 Å². The average molecular weight is 444 g/mol. The Labute approximate surface area is 166 Å². The normalized spacial score (nSPS) is 11.9. The van der Waals surface area contributed by atoms with Crippen molar-refractivity contribution in [3.8, 4) is 0 Å². The van der Waals surface area contributed by atoms with Crippen LogP contribution in [0.3, 0.4) is 0 Å². The molecule has 0 aliphatic heterocycles. The molecule has 0 radical (unpaired) electrons. The molecule has 0 saturated heterocycles. The Morgan fingerprint density at radius 2 is 1.10 bits per heavy atom. The third-order valence-electron chi connectivity index (χ3n) is 3.62. The number of nitrogens with zero attached hydrogens (tertiary/aromatic N) is 2. The fraction of sp³-hybridized carbons (Fsp3) is 0.200. The molecule has 0 atom stereocenters. The maximum absolute atomic E-state index is 12.2. The molecule has 14 heteroatoms. The Hall–Kier alpha value is -2.94. The van der Waals surface area contributed by atoms with E-state index in [2.05, 4.69) is 9.44 Å². The first-order valence-electron chi connectivity index (χ1n) is 8.01. The van der Waals surface area contributed by atoms with Crippen molar-refractivity contribution in [2.75, 3.05) is 13.1 Å². The number of non-ortho nitro benzene ring substituents is 2.